The third-order valence-corrected chi connectivity index (χ3v) is 12.2. The summed E-state index contributed by atoms with van der Waals surface area (Å²) in [5.41, 5.74) is 7.54. The Morgan fingerprint density at radius 3 is 1.93 bits per heavy atom. The van der Waals surface area contributed by atoms with Gasteiger partial charge < -0.3 is 9.84 Å². The topological polar surface area (TPSA) is 63.6 Å². The van der Waals surface area contributed by atoms with E-state index in [4.69, 9.17) is 9.84 Å². The summed E-state index contributed by atoms with van der Waals surface area (Å²) >= 11 is 0. The molecule has 1 fully saturated rings. The van der Waals surface area contributed by atoms with Gasteiger partial charge in [0.05, 0.1) is 6.61 Å². The Bertz CT molecular complexity index is 1010. The van der Waals surface area contributed by atoms with Crippen LogP contribution in [0.15, 0.2) is 22.3 Å². The molecule has 2 unspecified atom stereocenters. The number of esters is 1. The molecule has 264 valence electrons. The minimum absolute atomic E-state index is 0.00693. The lowest BCUT2D eigenvalue weighted by atomic mass is 9.66. The molecular formula is C42H72O4. The maximum atomic E-state index is 12.3. The molecule has 0 saturated heterocycles. The molecule has 4 nitrogen and oxygen atoms in total. The third-order valence-electron chi connectivity index (χ3n) is 12.2. The normalized spacial score (nSPS) is 23.9. The minimum Gasteiger partial charge on any atom is -0.481 e. The highest BCUT2D eigenvalue weighted by Crippen LogP contribution is 2.56. The Balaban J connectivity index is 1.21. The second-order valence-corrected chi connectivity index (χ2v) is 16.8. The van der Waals surface area contributed by atoms with Gasteiger partial charge in [-0.2, -0.15) is 0 Å². The number of unbranched alkanes of at least 4 members (excludes halogenated alkanes) is 10. The van der Waals surface area contributed by atoms with Gasteiger partial charge >= 0.3 is 11.9 Å². The monoisotopic (exact) mass is 641 g/mol. The van der Waals surface area contributed by atoms with E-state index in [9.17, 15) is 9.59 Å². The van der Waals surface area contributed by atoms with Crippen molar-refractivity contribution in [1.29, 1.82) is 0 Å². The van der Waals surface area contributed by atoms with Gasteiger partial charge in [0, 0.05) is 12.8 Å². The third kappa shape index (κ3) is 13.1. The van der Waals surface area contributed by atoms with E-state index in [2.05, 4.69) is 41.5 Å². The molecule has 1 saturated carbocycles. The van der Waals surface area contributed by atoms with Crippen molar-refractivity contribution in [1.82, 2.24) is 0 Å². The molecule has 3 aliphatic carbocycles. The zero-order chi connectivity index (χ0) is 33.6. The molecule has 0 radical (unpaired) electrons. The average molecular weight is 641 g/mol. The van der Waals surface area contributed by atoms with E-state index in [1.54, 1.807) is 22.3 Å². The van der Waals surface area contributed by atoms with Crippen LogP contribution in [0.2, 0.25) is 0 Å². The van der Waals surface area contributed by atoms with Crippen molar-refractivity contribution < 1.29 is 19.4 Å². The van der Waals surface area contributed by atoms with Crippen LogP contribution >= 0.6 is 0 Å². The summed E-state index contributed by atoms with van der Waals surface area (Å²) in [5.74, 6) is 1.75. The van der Waals surface area contributed by atoms with Gasteiger partial charge in [0.15, 0.2) is 0 Å². The molecule has 0 aromatic carbocycles. The van der Waals surface area contributed by atoms with Gasteiger partial charge in [0.2, 0.25) is 0 Å². The number of carbonyl (C=O) groups excluding carboxylic acids is 1. The quantitative estimate of drug-likeness (QED) is 0.0685. The molecule has 3 atom stereocenters. The highest BCUT2D eigenvalue weighted by molar-refractivity contribution is 5.69. The summed E-state index contributed by atoms with van der Waals surface area (Å²) in [5, 5.41) is 8.80. The lowest BCUT2D eigenvalue weighted by Gasteiger charge is -2.39. The molecule has 0 aliphatic heterocycles. The van der Waals surface area contributed by atoms with Crippen LogP contribution in [-0.2, 0) is 14.3 Å². The average Bonchev–Trinajstić information content (AvgIpc) is 3.75. The Kier molecular flexibility index (Phi) is 16.4. The number of carbonyl (C=O) groups is 2. The second-order valence-electron chi connectivity index (χ2n) is 16.8. The zero-order valence-corrected chi connectivity index (χ0v) is 31.1. The summed E-state index contributed by atoms with van der Waals surface area (Å²) in [4.78, 5) is 23.0. The van der Waals surface area contributed by atoms with E-state index < -0.39 is 5.97 Å². The number of rotatable bonds is 23. The maximum Gasteiger partial charge on any atom is 0.305 e. The van der Waals surface area contributed by atoms with Crippen LogP contribution in [0.5, 0.6) is 0 Å². The number of aliphatic carboxylic acids is 1. The van der Waals surface area contributed by atoms with Gasteiger partial charge in [-0.1, -0.05) is 101 Å². The molecule has 46 heavy (non-hydrogen) atoms. The van der Waals surface area contributed by atoms with E-state index in [-0.39, 0.29) is 5.97 Å². The van der Waals surface area contributed by atoms with Gasteiger partial charge in [-0.25, -0.2) is 0 Å². The lowest BCUT2D eigenvalue weighted by Crippen LogP contribution is -2.26. The van der Waals surface area contributed by atoms with Gasteiger partial charge in [-0.05, 0) is 132 Å². The van der Waals surface area contributed by atoms with Gasteiger partial charge in [0.25, 0.3) is 0 Å². The van der Waals surface area contributed by atoms with E-state index in [0.29, 0.717) is 30.3 Å². The Hall–Kier alpha value is -1.58. The van der Waals surface area contributed by atoms with Crippen LogP contribution in [0.1, 0.15) is 196 Å². The summed E-state index contributed by atoms with van der Waals surface area (Å²) < 4.78 is 5.62. The van der Waals surface area contributed by atoms with Crippen LogP contribution in [0, 0.1) is 28.6 Å². The van der Waals surface area contributed by atoms with Crippen molar-refractivity contribution in [2.75, 3.05) is 6.61 Å². The van der Waals surface area contributed by atoms with E-state index in [0.717, 1.165) is 56.3 Å². The van der Waals surface area contributed by atoms with Crippen molar-refractivity contribution >= 4 is 11.9 Å². The van der Waals surface area contributed by atoms with Crippen molar-refractivity contribution in [3.63, 3.8) is 0 Å². The number of carboxylic acid groups (broad SMARTS) is 1. The number of hydrogen-bond acceptors (Lipinski definition) is 3. The van der Waals surface area contributed by atoms with Crippen LogP contribution in [0.3, 0.4) is 0 Å². The van der Waals surface area contributed by atoms with Crippen molar-refractivity contribution in [3.8, 4) is 0 Å². The molecule has 4 heteroatoms. The van der Waals surface area contributed by atoms with Crippen LogP contribution in [0.25, 0.3) is 0 Å². The van der Waals surface area contributed by atoms with Crippen LogP contribution in [0.4, 0.5) is 0 Å². The predicted octanol–water partition coefficient (Wildman–Crippen LogP) is 12.6. The Morgan fingerprint density at radius 1 is 0.739 bits per heavy atom. The van der Waals surface area contributed by atoms with Crippen molar-refractivity contribution in [2.45, 2.75) is 196 Å². The van der Waals surface area contributed by atoms with Crippen molar-refractivity contribution in [2.24, 2.45) is 28.6 Å². The Labute approximate surface area is 284 Å². The number of ether oxygens (including phenoxy) is 1. The molecule has 0 bridgehead atoms. The maximum absolute atomic E-state index is 12.3. The Morgan fingerprint density at radius 2 is 1.30 bits per heavy atom. The molecule has 0 aromatic heterocycles. The molecule has 0 aromatic rings. The first-order valence-electron chi connectivity index (χ1n) is 19.7. The zero-order valence-electron chi connectivity index (χ0n) is 31.1. The first kappa shape index (κ1) is 38.9. The number of allylic oxidation sites excluding steroid dienone is 4. The van der Waals surface area contributed by atoms with Crippen LogP contribution in [-0.4, -0.2) is 23.7 Å². The molecular weight excluding hydrogens is 568 g/mol. The molecule has 1 N–H and O–H groups in total. The summed E-state index contributed by atoms with van der Waals surface area (Å²) in [6, 6.07) is 0. The molecule has 3 aliphatic rings. The van der Waals surface area contributed by atoms with E-state index in [1.165, 1.54) is 103 Å². The predicted molar refractivity (Wildman–Crippen MR) is 193 cm³/mol. The summed E-state index contributed by atoms with van der Waals surface area (Å²) in [7, 11) is 0. The largest absolute Gasteiger partial charge is 0.481 e. The fourth-order valence-corrected chi connectivity index (χ4v) is 9.20. The van der Waals surface area contributed by atoms with E-state index >= 15 is 0 Å². The standard InChI is InChI=1S/C42H72O4/c1-32-21-19-28-41(3,4)37(32)23-15-11-8-10-14-18-26-40(45)46-30-20-22-34-31-36(34)35-27-29-42(5,6)38(33(35)2)24-16-12-7-9-13-17-25-39(43)44/h34-36H,7-31H2,1-6H3,(H,43,44)/t34?,35?,36-/m0/s1. The number of carboxylic acids is 1. The lowest BCUT2D eigenvalue weighted by molar-refractivity contribution is -0.144. The first-order valence-corrected chi connectivity index (χ1v) is 19.7. The van der Waals surface area contributed by atoms with E-state index in [1.807, 2.05) is 0 Å². The highest BCUT2D eigenvalue weighted by Gasteiger charge is 2.46. The molecule has 0 amide bonds. The second kappa shape index (κ2) is 19.4. The molecule has 0 heterocycles. The smallest absolute Gasteiger partial charge is 0.305 e. The molecule has 3 rings (SSSR count). The summed E-state index contributed by atoms with van der Waals surface area (Å²) in [6.45, 7) is 15.1. The van der Waals surface area contributed by atoms with Crippen LogP contribution < -0.4 is 0 Å². The van der Waals surface area contributed by atoms with Crippen molar-refractivity contribution in [3.05, 3.63) is 22.3 Å². The number of hydrogen-bond donors (Lipinski definition) is 1. The van der Waals surface area contributed by atoms with Gasteiger partial charge in [-0.3, -0.25) is 9.59 Å². The highest BCUT2D eigenvalue weighted by atomic mass is 16.5. The van der Waals surface area contributed by atoms with Gasteiger partial charge in [-0.15, -0.1) is 0 Å². The summed E-state index contributed by atoms with van der Waals surface area (Å²) in [6.07, 6.45) is 27.7. The SMILES string of the molecule is CC1=C(CCCCCCCCC(=O)OCCCC2C[C@@H]2C2CCC(C)(C)C(CCCCCCCCC(=O)O)=C2C)C(C)(C)CCC1. The van der Waals surface area contributed by atoms with Gasteiger partial charge in [0.1, 0.15) is 0 Å². The fourth-order valence-electron chi connectivity index (χ4n) is 9.20. The minimum atomic E-state index is -0.669. The molecule has 0 spiro atoms. The fraction of sp³-hybridized carbons (Fsp3) is 0.857. The first-order chi connectivity index (χ1) is 21.9.